The van der Waals surface area contributed by atoms with Gasteiger partial charge < -0.3 is 35.4 Å². The normalized spacial score (nSPS) is 25.7. The van der Waals surface area contributed by atoms with Crippen LogP contribution in [0.3, 0.4) is 0 Å². The number of rotatable bonds is 15. The van der Waals surface area contributed by atoms with Crippen LogP contribution in [-0.4, -0.2) is 111 Å². The van der Waals surface area contributed by atoms with Gasteiger partial charge in [0.15, 0.2) is 23.3 Å². The largest absolute Gasteiger partial charge is 0.496 e. The third-order valence-electron chi connectivity index (χ3n) is 13.3. The summed E-state index contributed by atoms with van der Waals surface area (Å²) in [4.78, 5) is 38.0. The highest BCUT2D eigenvalue weighted by molar-refractivity contribution is 5.97. The van der Waals surface area contributed by atoms with Gasteiger partial charge >= 0.3 is 0 Å². The number of aliphatic hydroxyl groups is 2. The average Bonchev–Trinajstić information content (AvgIpc) is 3.57. The summed E-state index contributed by atoms with van der Waals surface area (Å²) in [6, 6.07) is 8.85. The van der Waals surface area contributed by atoms with Crippen molar-refractivity contribution in [2.75, 3.05) is 53.4 Å². The molecular weight excluding hydrogens is 783 g/mol. The fourth-order valence-corrected chi connectivity index (χ4v) is 9.90. The van der Waals surface area contributed by atoms with Crippen molar-refractivity contribution in [1.29, 1.82) is 0 Å². The van der Waals surface area contributed by atoms with E-state index in [-0.39, 0.29) is 48.0 Å². The fraction of sp³-hybridized carbons (Fsp3) is 0.556. The predicted molar refractivity (Wildman–Crippen MR) is 220 cm³/mol. The summed E-state index contributed by atoms with van der Waals surface area (Å²) < 4.78 is 63.7. The van der Waals surface area contributed by atoms with E-state index < -0.39 is 78.0 Å². The van der Waals surface area contributed by atoms with Gasteiger partial charge in [-0.05, 0) is 87.2 Å². The number of anilines is 1. The van der Waals surface area contributed by atoms with Crippen molar-refractivity contribution < 1.29 is 46.9 Å². The smallest absolute Gasteiger partial charge is 0.251 e. The Bertz CT molecular complexity index is 2040. The van der Waals surface area contributed by atoms with E-state index in [0.717, 1.165) is 12.8 Å². The number of halogens is 4. The van der Waals surface area contributed by atoms with Crippen molar-refractivity contribution in [3.63, 3.8) is 0 Å². The first-order chi connectivity index (χ1) is 28.3. The first-order valence-corrected chi connectivity index (χ1v) is 20.6. The maximum Gasteiger partial charge on any atom is 0.251 e. The van der Waals surface area contributed by atoms with Crippen LogP contribution in [-0.2, 0) is 22.6 Å². The summed E-state index contributed by atoms with van der Waals surface area (Å²) in [5.74, 6) is -5.98. The molecule has 4 fully saturated rings. The summed E-state index contributed by atoms with van der Waals surface area (Å²) in [6.45, 7) is 8.11. The van der Waals surface area contributed by atoms with Crippen LogP contribution in [0.4, 0.5) is 23.2 Å². The number of aliphatic hydroxyl groups excluding tert-OH is 2. The van der Waals surface area contributed by atoms with E-state index in [1.807, 2.05) is 24.3 Å². The van der Waals surface area contributed by atoms with E-state index in [2.05, 4.69) is 31.4 Å². The Morgan fingerprint density at radius 3 is 2.28 bits per heavy atom. The summed E-state index contributed by atoms with van der Waals surface area (Å²) >= 11 is 0. The topological polar surface area (TPSA) is 127 Å². The molecule has 1 aliphatic heterocycles. The number of carbonyl (C=O) groups excluding carboxylic acids is 2. The van der Waals surface area contributed by atoms with Crippen molar-refractivity contribution in [3.8, 4) is 16.9 Å². The van der Waals surface area contributed by atoms with Crippen LogP contribution in [0, 0.1) is 52.4 Å². The molecule has 11 nitrogen and oxygen atoms in total. The second kappa shape index (κ2) is 18.0. The molecule has 328 valence electrons. The lowest BCUT2D eigenvalue weighted by Crippen LogP contribution is -2.62. The third kappa shape index (κ3) is 8.87. The average molecular weight is 842 g/mol. The number of benzene rings is 3. The highest BCUT2D eigenvalue weighted by Gasteiger charge is 2.57. The highest BCUT2D eigenvalue weighted by atomic mass is 19.2. The summed E-state index contributed by atoms with van der Waals surface area (Å²) in [5, 5.41) is 28.9. The lowest BCUT2D eigenvalue weighted by atomic mass is 9.45. The van der Waals surface area contributed by atoms with Gasteiger partial charge in [0.25, 0.3) is 5.91 Å². The van der Waals surface area contributed by atoms with Gasteiger partial charge in [-0.2, -0.15) is 5.06 Å². The number of ether oxygens (including phenoxy) is 1. The van der Waals surface area contributed by atoms with Crippen LogP contribution in [0.5, 0.6) is 5.75 Å². The van der Waals surface area contributed by atoms with Crippen LogP contribution in [0.1, 0.15) is 62.0 Å². The van der Waals surface area contributed by atoms with Crippen LogP contribution in [0.2, 0.25) is 0 Å². The molecule has 0 unspecified atom stereocenters. The molecule has 0 spiro atoms. The minimum absolute atomic E-state index is 0.0305. The van der Waals surface area contributed by atoms with Crippen LogP contribution < -0.4 is 20.3 Å². The molecule has 60 heavy (non-hydrogen) atoms. The van der Waals surface area contributed by atoms with Gasteiger partial charge in [0, 0.05) is 72.6 Å². The number of hydrogen-bond donors (Lipinski definition) is 4. The van der Waals surface area contributed by atoms with E-state index >= 15 is 0 Å². The van der Waals surface area contributed by atoms with Crippen molar-refractivity contribution in [2.45, 2.75) is 83.8 Å². The zero-order chi connectivity index (χ0) is 44.0. The lowest BCUT2D eigenvalue weighted by molar-refractivity contribution is -0.183. The number of para-hydroxylation sites is 1. The molecule has 2 amide bonds. The second-order valence-electron chi connectivity index (χ2n) is 18.0. The molecule has 3 aromatic carbocycles. The summed E-state index contributed by atoms with van der Waals surface area (Å²) in [6.07, 6.45) is -0.311. The van der Waals surface area contributed by atoms with E-state index in [9.17, 15) is 37.4 Å². The van der Waals surface area contributed by atoms with Crippen LogP contribution >= 0.6 is 0 Å². The highest BCUT2D eigenvalue weighted by Crippen LogP contribution is 2.61. The van der Waals surface area contributed by atoms with Gasteiger partial charge in [0.2, 0.25) is 5.91 Å². The van der Waals surface area contributed by atoms with E-state index in [4.69, 9.17) is 9.57 Å². The van der Waals surface area contributed by atoms with Gasteiger partial charge in [-0.15, -0.1) is 0 Å². The molecule has 2 bridgehead atoms. The van der Waals surface area contributed by atoms with Crippen molar-refractivity contribution in [2.24, 2.45) is 29.1 Å². The van der Waals surface area contributed by atoms with Gasteiger partial charge in [0.1, 0.15) is 17.9 Å². The Labute approximate surface area is 350 Å². The number of nitrogens with zero attached hydrogens (tertiary/aromatic N) is 3. The molecule has 7 rings (SSSR count). The molecule has 9 atom stereocenters. The molecule has 1 saturated heterocycles. The first kappa shape index (κ1) is 45.3. The molecule has 15 heteroatoms. The summed E-state index contributed by atoms with van der Waals surface area (Å²) in [7, 11) is 8.50. The Kier molecular flexibility index (Phi) is 13.6. The molecular formula is C45H59F4N5O6. The molecule has 0 radical (unpaired) electrons. The van der Waals surface area contributed by atoms with E-state index in [1.54, 1.807) is 57.0 Å². The zero-order valence-corrected chi connectivity index (χ0v) is 35.9. The lowest BCUT2D eigenvalue weighted by Gasteiger charge is -2.62. The third-order valence-corrected chi connectivity index (χ3v) is 13.3. The number of likely N-dealkylation sites (N-methyl/N-ethyl adjacent to an activating group) is 1. The van der Waals surface area contributed by atoms with Gasteiger partial charge in [-0.1, -0.05) is 39.0 Å². The van der Waals surface area contributed by atoms with Crippen LogP contribution in [0.15, 0.2) is 42.5 Å². The van der Waals surface area contributed by atoms with Crippen molar-refractivity contribution in [1.82, 2.24) is 20.6 Å². The number of hydroxylamine groups is 2. The quantitative estimate of drug-likeness (QED) is 0.115. The Balaban J connectivity index is 1.30. The van der Waals surface area contributed by atoms with Gasteiger partial charge in [-0.3, -0.25) is 14.4 Å². The number of methoxy groups -OCH3 is 1. The monoisotopic (exact) mass is 841 g/mol. The Morgan fingerprint density at radius 2 is 1.72 bits per heavy atom. The number of nitrogens with one attached hydrogen (secondary N) is 2. The molecule has 1 heterocycles. The van der Waals surface area contributed by atoms with E-state index in [1.165, 1.54) is 12.2 Å². The minimum Gasteiger partial charge on any atom is -0.496 e. The Morgan fingerprint density at radius 1 is 1.03 bits per heavy atom. The maximum atomic E-state index is 14.7. The van der Waals surface area contributed by atoms with Gasteiger partial charge in [0.05, 0.1) is 26.4 Å². The molecule has 0 aromatic heterocycles. The van der Waals surface area contributed by atoms with Gasteiger partial charge in [-0.25, -0.2) is 17.6 Å². The minimum atomic E-state index is -1.53. The SMILES string of the molecule is COc1c(CN2O[C@@H](CO)[C@H]([C@H](C)O)[C@H]2C(=O)N[C@H]2C[C@H]3C[C@@H]([C@@H]2C)C3(C)C)cccc1-c1cc(C(=O)N[C@@H](Cc2c(F)c(F)cc(F)c2F)CN(C)C)cc(N(C)C)c1. The number of amides is 2. The van der Waals surface area contributed by atoms with Crippen molar-refractivity contribution >= 4 is 17.5 Å². The predicted octanol–water partition coefficient (Wildman–Crippen LogP) is 5.55. The van der Waals surface area contributed by atoms with E-state index in [0.29, 0.717) is 40.0 Å². The molecule has 3 aliphatic carbocycles. The molecule has 4 aliphatic rings. The number of hydrogen-bond acceptors (Lipinski definition) is 9. The zero-order valence-electron chi connectivity index (χ0n) is 35.9. The Hall–Kier alpha value is -4.28. The summed E-state index contributed by atoms with van der Waals surface area (Å²) in [5.41, 5.74) is 2.07. The number of carbonyl (C=O) groups is 2. The number of fused-ring (bicyclic) bond motifs is 2. The standard InChI is InChI=1S/C45H59F4N5O6/c1-23-33-16-28(45(33,3)4)17-36(23)51-44(58)41-38(24(2)56)37(22-55)60-54(41)20-25-11-10-12-31(42(25)59-9)26-13-27(15-30(14-26)53(7)8)43(57)50-29(21-52(5)6)18-32-39(48)34(46)19-35(47)40(32)49/h10-15,19,23-24,28-29,33,36-38,41,55-56H,16-18,20-22H2,1-9H3,(H,50,57)(H,51,58)/t23-,24-,28+,29-,33-,36-,37-,38-,41-/m0/s1. The fourth-order valence-electron chi connectivity index (χ4n) is 9.90. The molecule has 3 saturated carbocycles. The molecule has 4 N–H and O–H groups in total. The van der Waals surface area contributed by atoms with Crippen LogP contribution in [0.25, 0.3) is 11.1 Å². The van der Waals surface area contributed by atoms with Crippen molar-refractivity contribution in [3.05, 3.63) is 82.4 Å². The molecule has 3 aromatic rings. The second-order valence-corrected chi connectivity index (χ2v) is 18.0. The maximum absolute atomic E-state index is 14.7. The first-order valence-electron chi connectivity index (χ1n) is 20.6.